The molecule has 1 heterocycles. The maximum atomic E-state index is 11.3. The molecular weight excluding hydrogens is 200 g/mol. The Hall–Kier alpha value is -1.67. The molecule has 0 N–H and O–H groups in total. The van der Waals surface area contributed by atoms with E-state index in [4.69, 9.17) is 9.68 Å². The molecule has 0 aliphatic rings. The average molecular weight is 206 g/mol. The van der Waals surface area contributed by atoms with E-state index in [1.54, 1.807) is 18.2 Å². The summed E-state index contributed by atoms with van der Waals surface area (Å²) in [4.78, 5) is 11.3. The molecule has 1 aromatic carbocycles. The third-order valence-electron chi connectivity index (χ3n) is 1.83. The first-order valence-corrected chi connectivity index (χ1v) is 4.91. The second-order valence-electron chi connectivity index (χ2n) is 2.63. The van der Waals surface area contributed by atoms with Crippen molar-refractivity contribution in [2.45, 2.75) is 5.88 Å². The molecule has 2 aromatic rings. The van der Waals surface area contributed by atoms with Crippen LogP contribution < -0.4 is 5.76 Å². The second-order valence-corrected chi connectivity index (χ2v) is 3.36. The van der Waals surface area contributed by atoms with Crippen LogP contribution in [0.2, 0.25) is 0 Å². The molecule has 0 radical (unpaired) electrons. The summed E-state index contributed by atoms with van der Waals surface area (Å²) in [5.74, 6) is -0.124. The van der Waals surface area contributed by atoms with Crippen LogP contribution in [-0.4, -0.2) is 4.57 Å². The number of hydrogen-bond acceptors (Lipinski definition) is 4. The summed E-state index contributed by atoms with van der Waals surface area (Å²) >= 11 is 1.00. The summed E-state index contributed by atoms with van der Waals surface area (Å²) in [7, 11) is 0. The number of thioether (sulfide) groups is 1. The standard InChI is InChI=1S/C9H6N2O2S/c10-5-14-6-11-7-3-1-2-4-8(7)13-9(11)12/h1-4H,6H2. The Morgan fingerprint density at radius 2 is 2.29 bits per heavy atom. The van der Waals surface area contributed by atoms with Crippen molar-refractivity contribution < 1.29 is 4.42 Å². The largest absolute Gasteiger partial charge is 0.420 e. The normalized spacial score (nSPS) is 10.2. The van der Waals surface area contributed by atoms with Crippen molar-refractivity contribution in [2.24, 2.45) is 0 Å². The van der Waals surface area contributed by atoms with Crippen LogP contribution in [0.1, 0.15) is 0 Å². The van der Waals surface area contributed by atoms with Gasteiger partial charge in [-0.05, 0) is 23.9 Å². The fraction of sp³-hybridized carbons (Fsp3) is 0.111. The van der Waals surface area contributed by atoms with Crippen LogP contribution in [-0.2, 0) is 5.88 Å². The van der Waals surface area contributed by atoms with Gasteiger partial charge in [0, 0.05) is 0 Å². The maximum absolute atomic E-state index is 11.3. The highest BCUT2D eigenvalue weighted by molar-refractivity contribution is 8.02. The maximum Gasteiger partial charge on any atom is 0.420 e. The molecule has 4 nitrogen and oxygen atoms in total. The highest BCUT2D eigenvalue weighted by atomic mass is 32.2. The van der Waals surface area contributed by atoms with Crippen molar-refractivity contribution in [3.8, 4) is 5.40 Å². The molecular formula is C9H6N2O2S. The third-order valence-corrected chi connectivity index (χ3v) is 2.35. The number of thiocyanates is 1. The summed E-state index contributed by atoms with van der Waals surface area (Å²) in [5.41, 5.74) is 1.27. The topological polar surface area (TPSA) is 58.9 Å². The fourth-order valence-electron chi connectivity index (χ4n) is 1.23. The van der Waals surface area contributed by atoms with E-state index in [1.165, 1.54) is 4.57 Å². The molecule has 0 atom stereocenters. The van der Waals surface area contributed by atoms with Crippen molar-refractivity contribution >= 4 is 22.9 Å². The van der Waals surface area contributed by atoms with Crippen molar-refractivity contribution in [1.82, 2.24) is 4.57 Å². The van der Waals surface area contributed by atoms with E-state index in [0.717, 1.165) is 17.3 Å². The van der Waals surface area contributed by atoms with Gasteiger partial charge in [0.05, 0.1) is 11.4 Å². The summed E-state index contributed by atoms with van der Waals surface area (Å²) in [5, 5.41) is 10.3. The smallest absolute Gasteiger partial charge is 0.408 e. The Bertz CT molecular complexity index is 550. The van der Waals surface area contributed by atoms with E-state index in [2.05, 4.69) is 0 Å². The predicted molar refractivity (Wildman–Crippen MR) is 53.7 cm³/mol. The number of benzene rings is 1. The number of para-hydroxylation sites is 2. The van der Waals surface area contributed by atoms with E-state index in [-0.39, 0.29) is 0 Å². The molecule has 0 saturated carbocycles. The second kappa shape index (κ2) is 3.60. The highest BCUT2D eigenvalue weighted by Gasteiger charge is 2.07. The van der Waals surface area contributed by atoms with Crippen LogP contribution >= 0.6 is 11.8 Å². The van der Waals surface area contributed by atoms with Crippen LogP contribution in [0.25, 0.3) is 11.1 Å². The highest BCUT2D eigenvalue weighted by Crippen LogP contribution is 2.13. The summed E-state index contributed by atoms with van der Waals surface area (Å²) in [6.45, 7) is 0. The SMILES string of the molecule is N#CSCn1c(=O)oc2ccccc21. The molecule has 0 aliphatic heterocycles. The Morgan fingerprint density at radius 3 is 3.07 bits per heavy atom. The quantitative estimate of drug-likeness (QED) is 0.702. The lowest BCUT2D eigenvalue weighted by atomic mass is 10.3. The van der Waals surface area contributed by atoms with Gasteiger partial charge in [-0.1, -0.05) is 12.1 Å². The van der Waals surface area contributed by atoms with Gasteiger partial charge < -0.3 is 4.42 Å². The lowest BCUT2D eigenvalue weighted by Crippen LogP contribution is -2.11. The van der Waals surface area contributed by atoms with E-state index in [0.29, 0.717) is 11.5 Å². The molecule has 1 aromatic heterocycles. The molecule has 0 aliphatic carbocycles. The van der Waals surface area contributed by atoms with Crippen LogP contribution in [0.4, 0.5) is 0 Å². The number of oxazole rings is 1. The van der Waals surface area contributed by atoms with Crippen LogP contribution in [0.15, 0.2) is 33.5 Å². The van der Waals surface area contributed by atoms with E-state index in [9.17, 15) is 4.79 Å². The lowest BCUT2D eigenvalue weighted by Gasteiger charge is -1.94. The van der Waals surface area contributed by atoms with Gasteiger partial charge in [-0.2, -0.15) is 5.26 Å². The summed E-state index contributed by atoms with van der Waals surface area (Å²) in [6, 6.07) is 7.14. The molecule has 0 unspecified atom stereocenters. The van der Waals surface area contributed by atoms with Crippen molar-refractivity contribution in [3.05, 3.63) is 34.8 Å². The van der Waals surface area contributed by atoms with Crippen LogP contribution in [0.5, 0.6) is 0 Å². The van der Waals surface area contributed by atoms with Gasteiger partial charge in [0.15, 0.2) is 5.58 Å². The molecule has 0 amide bonds. The van der Waals surface area contributed by atoms with Crippen molar-refractivity contribution in [1.29, 1.82) is 5.26 Å². The number of hydrogen-bond donors (Lipinski definition) is 0. The Labute approximate surface area is 83.7 Å². The van der Waals surface area contributed by atoms with Crippen molar-refractivity contribution in [2.75, 3.05) is 0 Å². The Balaban J connectivity index is 2.58. The number of aromatic nitrogens is 1. The summed E-state index contributed by atoms with van der Waals surface area (Å²) < 4.78 is 6.41. The Morgan fingerprint density at radius 1 is 1.50 bits per heavy atom. The van der Waals surface area contributed by atoms with E-state index in [1.807, 2.05) is 11.5 Å². The number of fused-ring (bicyclic) bond motifs is 1. The third kappa shape index (κ3) is 1.40. The van der Waals surface area contributed by atoms with Crippen LogP contribution in [0.3, 0.4) is 0 Å². The first kappa shape index (κ1) is 8.91. The minimum atomic E-state index is -0.422. The predicted octanol–water partition coefficient (Wildman–Crippen LogP) is 1.77. The van der Waals surface area contributed by atoms with Gasteiger partial charge in [-0.3, -0.25) is 4.57 Å². The zero-order valence-corrected chi connectivity index (χ0v) is 7.95. The van der Waals surface area contributed by atoms with Crippen LogP contribution in [0, 0.1) is 10.7 Å². The molecule has 14 heavy (non-hydrogen) atoms. The average Bonchev–Trinajstić information content (AvgIpc) is 2.51. The van der Waals surface area contributed by atoms with E-state index < -0.39 is 5.76 Å². The minimum Gasteiger partial charge on any atom is -0.408 e. The molecule has 0 spiro atoms. The molecule has 0 saturated heterocycles. The zero-order valence-electron chi connectivity index (χ0n) is 7.14. The molecule has 2 rings (SSSR count). The van der Waals surface area contributed by atoms with Crippen molar-refractivity contribution in [3.63, 3.8) is 0 Å². The van der Waals surface area contributed by atoms with Gasteiger partial charge in [-0.25, -0.2) is 4.79 Å². The molecule has 0 bridgehead atoms. The van der Waals surface area contributed by atoms with E-state index >= 15 is 0 Å². The summed E-state index contributed by atoms with van der Waals surface area (Å²) in [6.07, 6.45) is 0. The van der Waals surface area contributed by atoms with Gasteiger partial charge in [0.2, 0.25) is 0 Å². The monoisotopic (exact) mass is 206 g/mol. The van der Waals surface area contributed by atoms with Gasteiger partial charge in [0.1, 0.15) is 5.40 Å². The first-order chi connectivity index (χ1) is 6.83. The number of rotatable bonds is 2. The first-order valence-electron chi connectivity index (χ1n) is 3.92. The zero-order chi connectivity index (χ0) is 9.97. The number of nitrogens with zero attached hydrogens (tertiary/aromatic N) is 2. The molecule has 5 heteroatoms. The fourth-order valence-corrected chi connectivity index (χ4v) is 1.66. The molecule has 0 fully saturated rings. The minimum absolute atomic E-state index is 0.298. The van der Waals surface area contributed by atoms with Gasteiger partial charge in [-0.15, -0.1) is 0 Å². The molecule has 70 valence electrons. The van der Waals surface area contributed by atoms with Gasteiger partial charge in [0.25, 0.3) is 0 Å². The van der Waals surface area contributed by atoms with Gasteiger partial charge >= 0.3 is 5.76 Å². The Kier molecular flexibility index (Phi) is 2.29. The number of nitriles is 1. The lowest BCUT2D eigenvalue weighted by molar-refractivity contribution is 0.526.